The Morgan fingerprint density at radius 1 is 0.340 bits per heavy atom. The van der Waals surface area contributed by atoms with Crippen LogP contribution in [0.4, 0.5) is 0 Å². The van der Waals surface area contributed by atoms with Gasteiger partial charge in [0, 0.05) is 0 Å². The zero-order valence-corrected chi connectivity index (χ0v) is 28.9. The van der Waals surface area contributed by atoms with Gasteiger partial charge in [0.25, 0.3) is 0 Å². The smallest absolute Gasteiger partial charge is 0.340 e. The zero-order valence-electron chi connectivity index (χ0n) is 27.1. The van der Waals surface area contributed by atoms with E-state index in [0.29, 0.717) is 5.30 Å². The first kappa shape index (κ1) is 32.9. The number of benzene rings is 7. The first-order valence-corrected chi connectivity index (χ1v) is 19.8. The van der Waals surface area contributed by atoms with Crippen molar-refractivity contribution >= 4 is 68.9 Å². The minimum Gasteiger partial charge on any atom is -0.478 e. The molecule has 7 aromatic rings. The molecule has 7 aromatic carbocycles. The summed E-state index contributed by atoms with van der Waals surface area (Å²) in [5.41, 5.74) is -0.428. The monoisotopic (exact) mass is 688 g/mol. The van der Waals surface area contributed by atoms with Crippen molar-refractivity contribution in [2.24, 2.45) is 0 Å². The van der Waals surface area contributed by atoms with Crippen LogP contribution in [0.25, 0.3) is 0 Å². The van der Waals surface area contributed by atoms with Crippen LogP contribution in [0.3, 0.4) is 0 Å². The Morgan fingerprint density at radius 2 is 0.620 bits per heavy atom. The summed E-state index contributed by atoms with van der Waals surface area (Å²) in [7, 11) is -6.12. The summed E-state index contributed by atoms with van der Waals surface area (Å²) in [6.07, 6.45) is 0. The lowest BCUT2D eigenvalue weighted by Crippen LogP contribution is -2.52. The van der Waals surface area contributed by atoms with E-state index in [1.165, 1.54) is 6.07 Å². The average Bonchev–Trinajstić information content (AvgIpc) is 3.18. The second-order valence-corrected chi connectivity index (χ2v) is 18.5. The Kier molecular flexibility index (Phi) is 9.24. The summed E-state index contributed by atoms with van der Waals surface area (Å²) in [5.74, 6) is -2.57. The van der Waals surface area contributed by atoms with E-state index >= 15 is 0 Å². The Bertz CT molecular complexity index is 2050. The van der Waals surface area contributed by atoms with E-state index in [9.17, 15) is 19.8 Å². The molecule has 0 heterocycles. The van der Waals surface area contributed by atoms with Gasteiger partial charge in [0.05, 0.1) is 5.56 Å². The molecule has 0 bridgehead atoms. The first-order chi connectivity index (χ1) is 24.5. The lowest BCUT2D eigenvalue weighted by molar-refractivity contribution is 0.0653. The predicted octanol–water partition coefficient (Wildman–Crippen LogP) is 6.32. The molecule has 0 saturated heterocycles. The highest BCUT2D eigenvalue weighted by Crippen LogP contribution is 2.61. The largest absolute Gasteiger partial charge is 0.478 e. The molecule has 0 atom stereocenters. The number of aromatic carboxylic acids is 2. The van der Waals surface area contributed by atoms with Crippen molar-refractivity contribution in [2.75, 3.05) is 0 Å². The predicted molar refractivity (Wildman–Crippen MR) is 210 cm³/mol. The minimum absolute atomic E-state index is 0.188. The van der Waals surface area contributed by atoms with Gasteiger partial charge >= 0.3 is 11.9 Å². The maximum absolute atomic E-state index is 13.9. The standard InChI is InChI=1S/C44H32O4P2/c45-43(46)39-31-32-40(49(33-19-7-1-8-20-33,34-21-9-2-10-22-34)35-23-11-3-12-24-35)42(41(39)44(47)48)50(36-25-13-4-14-26-36,37-27-15-5-16-28-37)38-29-17-6-18-30-38/h1-32H/p+2. The fourth-order valence-corrected chi connectivity index (χ4v) is 16.9. The van der Waals surface area contributed by atoms with Gasteiger partial charge in [-0.05, 0) is 84.9 Å². The molecule has 4 nitrogen and oxygen atoms in total. The first-order valence-electron chi connectivity index (χ1n) is 16.3. The summed E-state index contributed by atoms with van der Waals surface area (Å²) in [6, 6.07) is 64.3. The van der Waals surface area contributed by atoms with Gasteiger partial charge in [-0.2, -0.15) is 0 Å². The molecule has 0 aliphatic carbocycles. The van der Waals surface area contributed by atoms with Gasteiger partial charge in [0.1, 0.15) is 51.9 Å². The number of carbonyl (C=O) groups is 2. The quantitative estimate of drug-likeness (QED) is 0.165. The summed E-state index contributed by atoms with van der Waals surface area (Å²) in [5, 5.41) is 29.3. The number of hydrogen-bond donors (Lipinski definition) is 2. The fraction of sp³-hybridized carbons (Fsp3) is 0. The number of hydrogen-bond acceptors (Lipinski definition) is 2. The van der Waals surface area contributed by atoms with Crippen molar-refractivity contribution in [1.29, 1.82) is 0 Å². The van der Waals surface area contributed by atoms with Crippen LogP contribution in [0.1, 0.15) is 20.7 Å². The van der Waals surface area contributed by atoms with E-state index in [-0.39, 0.29) is 11.1 Å². The van der Waals surface area contributed by atoms with Gasteiger partial charge in [-0.3, -0.25) is 0 Å². The molecule has 7 rings (SSSR count). The highest BCUT2D eigenvalue weighted by atomic mass is 31.2. The van der Waals surface area contributed by atoms with E-state index in [1.807, 2.05) is 115 Å². The van der Waals surface area contributed by atoms with Crippen LogP contribution in [0, 0.1) is 0 Å². The van der Waals surface area contributed by atoms with Crippen molar-refractivity contribution in [2.45, 2.75) is 0 Å². The van der Waals surface area contributed by atoms with Crippen LogP contribution in [0.5, 0.6) is 0 Å². The summed E-state index contributed by atoms with van der Waals surface area (Å²) < 4.78 is 0. The molecule has 0 aliphatic heterocycles. The fourth-order valence-electron chi connectivity index (χ4n) is 7.19. The lowest BCUT2D eigenvalue weighted by Gasteiger charge is -2.34. The van der Waals surface area contributed by atoms with Crippen molar-refractivity contribution < 1.29 is 19.8 Å². The van der Waals surface area contributed by atoms with Crippen molar-refractivity contribution in [3.05, 3.63) is 205 Å². The van der Waals surface area contributed by atoms with Gasteiger partial charge in [0.2, 0.25) is 0 Å². The van der Waals surface area contributed by atoms with Gasteiger partial charge in [0.15, 0.2) is 10.6 Å². The second kappa shape index (κ2) is 14.1. The van der Waals surface area contributed by atoms with Gasteiger partial charge < -0.3 is 10.2 Å². The maximum atomic E-state index is 13.9. The number of carboxylic acid groups (broad SMARTS) is 2. The SMILES string of the molecule is O=C(O)c1ccc([P+](c2ccccc2)(c2ccccc2)c2ccccc2)c([P+](c2ccccc2)(c2ccccc2)c2ccccc2)c1C(=O)O. The van der Waals surface area contributed by atoms with Crippen LogP contribution in [-0.2, 0) is 0 Å². The van der Waals surface area contributed by atoms with Gasteiger partial charge in [-0.25, -0.2) is 9.59 Å². The van der Waals surface area contributed by atoms with Crippen molar-refractivity contribution in [3.63, 3.8) is 0 Å². The zero-order chi connectivity index (χ0) is 34.6. The summed E-state index contributed by atoms with van der Waals surface area (Å²) in [4.78, 5) is 27.1. The molecule has 0 unspecified atom stereocenters. The van der Waals surface area contributed by atoms with Crippen LogP contribution in [0.2, 0.25) is 0 Å². The topological polar surface area (TPSA) is 74.6 Å². The molecule has 0 radical (unpaired) electrons. The Morgan fingerprint density at radius 3 is 0.880 bits per heavy atom. The Labute approximate surface area is 293 Å². The van der Waals surface area contributed by atoms with Crippen molar-refractivity contribution in [3.8, 4) is 0 Å². The van der Waals surface area contributed by atoms with Crippen LogP contribution < -0.4 is 42.4 Å². The highest BCUT2D eigenvalue weighted by molar-refractivity contribution is 8.06. The molecule has 2 N–H and O–H groups in total. The molecule has 0 fully saturated rings. The van der Waals surface area contributed by atoms with Gasteiger partial charge in [-0.1, -0.05) is 109 Å². The molecular weight excluding hydrogens is 654 g/mol. The minimum atomic E-state index is -3.18. The van der Waals surface area contributed by atoms with Crippen molar-refractivity contribution in [1.82, 2.24) is 0 Å². The highest BCUT2D eigenvalue weighted by Gasteiger charge is 2.60. The lowest BCUT2D eigenvalue weighted by atomic mass is 10.1. The molecule has 0 saturated carbocycles. The van der Waals surface area contributed by atoms with E-state index < -0.39 is 26.5 Å². The molecule has 0 spiro atoms. The third-order valence-electron chi connectivity index (χ3n) is 9.16. The van der Waals surface area contributed by atoms with E-state index in [0.717, 1.165) is 37.1 Å². The molecular formula is C44H34O4P2+2. The van der Waals surface area contributed by atoms with Crippen LogP contribution >= 0.6 is 14.5 Å². The van der Waals surface area contributed by atoms with Crippen LogP contribution in [-0.4, -0.2) is 22.2 Å². The van der Waals surface area contributed by atoms with Gasteiger partial charge in [-0.15, -0.1) is 0 Å². The molecule has 242 valence electrons. The van der Waals surface area contributed by atoms with E-state index in [4.69, 9.17) is 0 Å². The normalized spacial score (nSPS) is 11.5. The molecule has 0 amide bonds. The Balaban J connectivity index is 1.84. The second-order valence-electron chi connectivity index (χ2n) is 11.8. The molecule has 50 heavy (non-hydrogen) atoms. The average molecular weight is 689 g/mol. The Hall–Kier alpha value is -5.66. The number of rotatable bonds is 10. The number of carboxylic acids is 2. The summed E-state index contributed by atoms with van der Waals surface area (Å²) in [6.45, 7) is 0. The van der Waals surface area contributed by atoms with Crippen LogP contribution in [0.15, 0.2) is 194 Å². The third kappa shape index (κ3) is 5.44. The van der Waals surface area contributed by atoms with E-state index in [1.54, 1.807) is 0 Å². The summed E-state index contributed by atoms with van der Waals surface area (Å²) >= 11 is 0. The maximum Gasteiger partial charge on any atom is 0.340 e. The molecule has 6 heteroatoms. The third-order valence-corrected chi connectivity index (χ3v) is 18.0. The molecule has 0 aromatic heterocycles. The van der Waals surface area contributed by atoms with E-state index in [2.05, 4.69) is 72.8 Å². The molecule has 0 aliphatic rings.